The van der Waals surface area contributed by atoms with E-state index in [1.165, 1.54) is 24.6 Å². The Morgan fingerprint density at radius 3 is 2.47 bits per heavy atom. The van der Waals surface area contributed by atoms with Crippen LogP contribution in [0.4, 0.5) is 11.8 Å². The van der Waals surface area contributed by atoms with Crippen LogP contribution in [0.2, 0.25) is 0 Å². The van der Waals surface area contributed by atoms with Gasteiger partial charge in [-0.2, -0.15) is 9.78 Å². The number of carbonyl (C=O) groups is 1. The third-order valence-corrected chi connectivity index (χ3v) is 6.48. The maximum Gasteiger partial charge on any atom is 0.252 e. The Bertz CT molecular complexity index is 1120. The fourth-order valence-corrected chi connectivity index (χ4v) is 4.81. The van der Waals surface area contributed by atoms with Gasteiger partial charge in [0, 0.05) is 36.6 Å². The molecule has 11 heteroatoms. The van der Waals surface area contributed by atoms with Gasteiger partial charge in [-0.05, 0) is 52.5 Å². The summed E-state index contributed by atoms with van der Waals surface area (Å²) in [5.41, 5.74) is 2.47. The highest BCUT2D eigenvalue weighted by molar-refractivity contribution is 7.99. The van der Waals surface area contributed by atoms with E-state index < -0.39 is 0 Å². The number of hydrogen-bond acceptors (Lipinski definition) is 8. The van der Waals surface area contributed by atoms with Gasteiger partial charge in [0.15, 0.2) is 5.16 Å². The fraction of sp³-hybridized carbons (Fsp3) is 0.524. The van der Waals surface area contributed by atoms with E-state index in [2.05, 4.69) is 40.0 Å². The highest BCUT2D eigenvalue weighted by atomic mass is 32.2. The van der Waals surface area contributed by atoms with Gasteiger partial charge in [0.1, 0.15) is 5.82 Å². The van der Waals surface area contributed by atoms with E-state index in [-0.39, 0.29) is 11.7 Å². The molecule has 4 heterocycles. The van der Waals surface area contributed by atoms with Crippen molar-refractivity contribution in [2.24, 2.45) is 0 Å². The van der Waals surface area contributed by atoms with Gasteiger partial charge in [0.25, 0.3) is 5.95 Å². The SMILES string of the molecule is Cc1cc(C)nc(-n2nc(C)cc2NC(=O)CSc2nnc(N3CCCC3)n2C2CC2)n1. The zero-order valence-electron chi connectivity index (χ0n) is 18.6. The molecule has 0 aromatic carbocycles. The number of amides is 1. The fourth-order valence-electron chi connectivity index (χ4n) is 4.00. The Morgan fingerprint density at radius 1 is 1.06 bits per heavy atom. The van der Waals surface area contributed by atoms with Crippen molar-refractivity contribution in [1.82, 2.24) is 34.5 Å². The van der Waals surface area contributed by atoms with Crippen molar-refractivity contribution >= 4 is 29.4 Å². The first-order chi connectivity index (χ1) is 15.5. The molecule has 2 fully saturated rings. The topological polar surface area (TPSA) is 107 Å². The van der Waals surface area contributed by atoms with Gasteiger partial charge in [0.05, 0.1) is 11.4 Å². The number of carbonyl (C=O) groups excluding carboxylic acids is 1. The van der Waals surface area contributed by atoms with Gasteiger partial charge >= 0.3 is 0 Å². The maximum absolute atomic E-state index is 12.8. The van der Waals surface area contributed by atoms with Gasteiger partial charge in [-0.25, -0.2) is 9.97 Å². The number of anilines is 2. The summed E-state index contributed by atoms with van der Waals surface area (Å²) in [6.45, 7) is 7.76. The van der Waals surface area contributed by atoms with Crippen molar-refractivity contribution in [3.8, 4) is 5.95 Å². The average Bonchev–Trinajstić information content (AvgIpc) is 3.13. The second kappa shape index (κ2) is 8.53. The molecule has 1 amide bonds. The normalized spacial score (nSPS) is 16.0. The Morgan fingerprint density at radius 2 is 1.78 bits per heavy atom. The quantitative estimate of drug-likeness (QED) is 0.544. The number of thioether (sulfide) groups is 1. The number of aromatic nitrogens is 7. The first-order valence-corrected chi connectivity index (χ1v) is 12.0. The second-order valence-corrected chi connectivity index (χ2v) is 9.39. The van der Waals surface area contributed by atoms with Crippen molar-refractivity contribution in [3.63, 3.8) is 0 Å². The lowest BCUT2D eigenvalue weighted by molar-refractivity contribution is -0.113. The van der Waals surface area contributed by atoms with E-state index in [0.717, 1.165) is 54.1 Å². The van der Waals surface area contributed by atoms with Gasteiger partial charge in [-0.1, -0.05) is 11.8 Å². The van der Waals surface area contributed by atoms with Crippen molar-refractivity contribution < 1.29 is 4.79 Å². The van der Waals surface area contributed by atoms with Crippen LogP contribution in [0, 0.1) is 20.8 Å². The number of nitrogens with zero attached hydrogens (tertiary/aromatic N) is 8. The van der Waals surface area contributed by atoms with Crippen molar-refractivity contribution in [1.29, 1.82) is 0 Å². The first-order valence-electron chi connectivity index (χ1n) is 11.0. The monoisotopic (exact) mass is 453 g/mol. The average molecular weight is 454 g/mol. The number of hydrogen-bond donors (Lipinski definition) is 1. The molecule has 0 spiro atoms. The van der Waals surface area contributed by atoms with Crippen LogP contribution < -0.4 is 10.2 Å². The van der Waals surface area contributed by atoms with Gasteiger partial charge < -0.3 is 10.2 Å². The predicted molar refractivity (Wildman–Crippen MR) is 122 cm³/mol. The van der Waals surface area contributed by atoms with Crippen LogP contribution in [-0.4, -0.2) is 59.3 Å². The molecule has 32 heavy (non-hydrogen) atoms. The minimum Gasteiger partial charge on any atom is -0.341 e. The Balaban J connectivity index is 1.29. The molecule has 0 atom stereocenters. The van der Waals surface area contributed by atoms with E-state index in [1.54, 1.807) is 4.68 Å². The molecular formula is C21H27N9OS. The lowest BCUT2D eigenvalue weighted by Gasteiger charge is -2.17. The first kappa shape index (κ1) is 20.9. The van der Waals surface area contributed by atoms with Crippen LogP contribution in [0.1, 0.15) is 48.8 Å². The molecule has 10 nitrogen and oxygen atoms in total. The molecule has 1 N–H and O–H groups in total. The zero-order valence-corrected chi connectivity index (χ0v) is 19.4. The van der Waals surface area contributed by atoms with Crippen LogP contribution in [0.5, 0.6) is 0 Å². The van der Waals surface area contributed by atoms with Crippen LogP contribution in [0.15, 0.2) is 17.3 Å². The lowest BCUT2D eigenvalue weighted by atomic mass is 10.4. The van der Waals surface area contributed by atoms with Crippen LogP contribution >= 0.6 is 11.8 Å². The van der Waals surface area contributed by atoms with E-state index in [9.17, 15) is 4.79 Å². The summed E-state index contributed by atoms with van der Waals surface area (Å²) < 4.78 is 3.80. The molecule has 0 radical (unpaired) electrons. The smallest absolute Gasteiger partial charge is 0.252 e. The molecule has 3 aromatic rings. The molecule has 2 aliphatic rings. The van der Waals surface area contributed by atoms with E-state index in [4.69, 9.17) is 0 Å². The molecule has 168 valence electrons. The highest BCUT2D eigenvalue weighted by Crippen LogP contribution is 2.41. The predicted octanol–water partition coefficient (Wildman–Crippen LogP) is 2.84. The summed E-state index contributed by atoms with van der Waals surface area (Å²) in [6.07, 6.45) is 4.68. The second-order valence-electron chi connectivity index (χ2n) is 8.45. The van der Waals surface area contributed by atoms with Crippen LogP contribution in [0.3, 0.4) is 0 Å². The molecular weight excluding hydrogens is 426 g/mol. The molecule has 5 rings (SSSR count). The highest BCUT2D eigenvalue weighted by Gasteiger charge is 2.32. The van der Waals surface area contributed by atoms with E-state index in [0.29, 0.717) is 17.8 Å². The lowest BCUT2D eigenvalue weighted by Crippen LogP contribution is -2.22. The summed E-state index contributed by atoms with van der Waals surface area (Å²) in [6, 6.07) is 4.18. The number of aryl methyl sites for hydroxylation is 3. The van der Waals surface area contributed by atoms with Crippen LogP contribution in [0.25, 0.3) is 5.95 Å². The Kier molecular flexibility index (Phi) is 5.58. The Hall–Kier alpha value is -2.95. The van der Waals surface area contributed by atoms with E-state index >= 15 is 0 Å². The molecule has 1 saturated heterocycles. The van der Waals surface area contributed by atoms with Gasteiger partial charge in [-0.3, -0.25) is 9.36 Å². The largest absolute Gasteiger partial charge is 0.341 e. The summed E-state index contributed by atoms with van der Waals surface area (Å²) in [4.78, 5) is 24.0. The molecule has 1 aliphatic carbocycles. The maximum atomic E-state index is 12.8. The molecule has 1 aliphatic heterocycles. The van der Waals surface area contributed by atoms with Gasteiger partial charge in [0.2, 0.25) is 11.9 Å². The summed E-state index contributed by atoms with van der Waals surface area (Å²) in [7, 11) is 0. The summed E-state index contributed by atoms with van der Waals surface area (Å²) in [5.74, 6) is 2.06. The number of rotatable bonds is 7. The summed E-state index contributed by atoms with van der Waals surface area (Å²) >= 11 is 1.43. The minimum atomic E-state index is -0.131. The molecule has 0 unspecified atom stereocenters. The van der Waals surface area contributed by atoms with Crippen LogP contribution in [-0.2, 0) is 4.79 Å². The molecule has 3 aromatic heterocycles. The molecule has 0 bridgehead atoms. The zero-order chi connectivity index (χ0) is 22.2. The Labute approximate surface area is 190 Å². The third-order valence-electron chi connectivity index (χ3n) is 5.54. The molecule has 1 saturated carbocycles. The summed E-state index contributed by atoms with van der Waals surface area (Å²) in [5, 5.41) is 17.1. The van der Waals surface area contributed by atoms with Crippen molar-refractivity contribution in [2.45, 2.75) is 57.7 Å². The van der Waals surface area contributed by atoms with Crippen molar-refractivity contribution in [3.05, 3.63) is 29.2 Å². The number of nitrogens with one attached hydrogen (secondary N) is 1. The standard InChI is InChI=1S/C21H27N9OS/c1-13-10-14(2)23-19(22-13)30-17(11-15(3)27-30)24-18(31)12-32-21-26-25-20(28-8-4-5-9-28)29(21)16-6-7-16/h10-11,16H,4-9,12H2,1-3H3,(H,24,31). The third kappa shape index (κ3) is 4.34. The van der Waals surface area contributed by atoms with Gasteiger partial charge in [-0.15, -0.1) is 10.2 Å². The van der Waals surface area contributed by atoms with Crippen molar-refractivity contribution in [2.75, 3.05) is 29.1 Å². The minimum absolute atomic E-state index is 0.131. The van der Waals surface area contributed by atoms with E-state index in [1.807, 2.05) is 32.9 Å².